The zero-order chi connectivity index (χ0) is 14.5. The van der Waals surface area contributed by atoms with E-state index in [1.54, 1.807) is 0 Å². The van der Waals surface area contributed by atoms with E-state index in [4.69, 9.17) is 9.84 Å². The van der Waals surface area contributed by atoms with E-state index >= 15 is 0 Å². The molecule has 0 fully saturated rings. The fourth-order valence-corrected chi connectivity index (χ4v) is 1.83. The summed E-state index contributed by atoms with van der Waals surface area (Å²) in [7, 11) is 0. The van der Waals surface area contributed by atoms with Crippen LogP contribution in [-0.4, -0.2) is 11.1 Å². The number of halogens is 1. The minimum atomic E-state index is -1.14. The van der Waals surface area contributed by atoms with Gasteiger partial charge in [-0.05, 0) is 24.6 Å². The number of hydrogen-bond donors (Lipinski definition) is 1. The second-order valence-corrected chi connectivity index (χ2v) is 4.48. The van der Waals surface area contributed by atoms with Gasteiger partial charge in [0.2, 0.25) is 0 Å². The zero-order valence-corrected chi connectivity index (χ0v) is 11.0. The van der Waals surface area contributed by atoms with Gasteiger partial charge in [0.1, 0.15) is 5.82 Å². The van der Waals surface area contributed by atoms with Crippen LogP contribution in [0.2, 0.25) is 0 Å². The van der Waals surface area contributed by atoms with Gasteiger partial charge in [-0.3, -0.25) is 0 Å². The first-order valence-corrected chi connectivity index (χ1v) is 6.26. The van der Waals surface area contributed by atoms with Crippen molar-refractivity contribution in [3.63, 3.8) is 0 Å². The van der Waals surface area contributed by atoms with Crippen molar-refractivity contribution in [2.24, 2.45) is 0 Å². The standard InChI is InChI=1S/C16H15FO3/c1-11(12-5-3-2-4-6-12)20-10-14-8-7-13(16(18)19)9-15(14)17/h2-9,11H,10H2,1H3,(H,18,19). The van der Waals surface area contributed by atoms with Crippen LogP contribution in [0.1, 0.15) is 34.5 Å². The summed E-state index contributed by atoms with van der Waals surface area (Å²) in [6, 6.07) is 13.4. The third-order valence-corrected chi connectivity index (χ3v) is 3.06. The Balaban J connectivity index is 2.02. The van der Waals surface area contributed by atoms with Crippen LogP contribution in [0.4, 0.5) is 4.39 Å². The third-order valence-electron chi connectivity index (χ3n) is 3.06. The maximum atomic E-state index is 13.7. The van der Waals surface area contributed by atoms with Crippen molar-refractivity contribution in [1.29, 1.82) is 0 Å². The van der Waals surface area contributed by atoms with Crippen LogP contribution in [0.15, 0.2) is 48.5 Å². The van der Waals surface area contributed by atoms with Crippen molar-refractivity contribution in [3.8, 4) is 0 Å². The van der Waals surface area contributed by atoms with Crippen LogP contribution in [0, 0.1) is 5.82 Å². The summed E-state index contributed by atoms with van der Waals surface area (Å²) in [5.74, 6) is -1.71. The summed E-state index contributed by atoms with van der Waals surface area (Å²) in [5, 5.41) is 8.77. The van der Waals surface area contributed by atoms with Crippen LogP contribution in [0.5, 0.6) is 0 Å². The summed E-state index contributed by atoms with van der Waals surface area (Å²) >= 11 is 0. The SMILES string of the molecule is CC(OCc1ccc(C(=O)O)cc1F)c1ccccc1. The molecule has 0 bridgehead atoms. The van der Waals surface area contributed by atoms with E-state index < -0.39 is 11.8 Å². The lowest BCUT2D eigenvalue weighted by molar-refractivity contribution is 0.0507. The summed E-state index contributed by atoms with van der Waals surface area (Å²) in [6.45, 7) is 1.99. The van der Waals surface area contributed by atoms with Crippen molar-refractivity contribution in [2.75, 3.05) is 0 Å². The molecule has 2 rings (SSSR count). The van der Waals surface area contributed by atoms with Gasteiger partial charge in [-0.2, -0.15) is 0 Å². The Labute approximate surface area is 116 Å². The van der Waals surface area contributed by atoms with E-state index in [9.17, 15) is 9.18 Å². The van der Waals surface area contributed by atoms with Crippen molar-refractivity contribution < 1.29 is 19.0 Å². The lowest BCUT2D eigenvalue weighted by Gasteiger charge is -2.14. The molecular weight excluding hydrogens is 259 g/mol. The summed E-state index contributed by atoms with van der Waals surface area (Å²) in [5.41, 5.74) is 1.29. The monoisotopic (exact) mass is 274 g/mol. The Morgan fingerprint density at radius 2 is 1.95 bits per heavy atom. The van der Waals surface area contributed by atoms with Gasteiger partial charge in [0.05, 0.1) is 18.3 Å². The molecule has 0 heterocycles. The fourth-order valence-electron chi connectivity index (χ4n) is 1.83. The minimum Gasteiger partial charge on any atom is -0.478 e. The average molecular weight is 274 g/mol. The molecule has 0 spiro atoms. The van der Waals surface area contributed by atoms with Crippen LogP contribution < -0.4 is 0 Å². The molecular formula is C16H15FO3. The van der Waals surface area contributed by atoms with E-state index in [0.717, 1.165) is 11.6 Å². The number of carboxylic acids is 1. The highest BCUT2D eigenvalue weighted by Gasteiger charge is 2.10. The molecule has 2 aromatic rings. The number of benzene rings is 2. The smallest absolute Gasteiger partial charge is 0.335 e. The third kappa shape index (κ3) is 3.42. The highest BCUT2D eigenvalue weighted by Crippen LogP contribution is 2.19. The lowest BCUT2D eigenvalue weighted by atomic mass is 10.1. The van der Waals surface area contributed by atoms with Crippen LogP contribution in [0.3, 0.4) is 0 Å². The molecule has 20 heavy (non-hydrogen) atoms. The normalized spacial score (nSPS) is 12.1. The van der Waals surface area contributed by atoms with Crippen LogP contribution in [0.25, 0.3) is 0 Å². The fraction of sp³-hybridized carbons (Fsp3) is 0.188. The van der Waals surface area contributed by atoms with Gasteiger partial charge in [-0.25, -0.2) is 9.18 Å². The number of aromatic carboxylic acids is 1. The van der Waals surface area contributed by atoms with Crippen molar-refractivity contribution >= 4 is 5.97 Å². The molecule has 0 saturated carbocycles. The summed E-state index contributed by atoms with van der Waals surface area (Å²) < 4.78 is 19.3. The topological polar surface area (TPSA) is 46.5 Å². The molecule has 0 aliphatic carbocycles. The zero-order valence-electron chi connectivity index (χ0n) is 11.0. The first-order chi connectivity index (χ1) is 9.58. The molecule has 2 aromatic carbocycles. The molecule has 0 aliphatic rings. The number of rotatable bonds is 5. The molecule has 4 heteroatoms. The molecule has 1 unspecified atom stereocenters. The second-order valence-electron chi connectivity index (χ2n) is 4.48. The second kappa shape index (κ2) is 6.30. The predicted octanol–water partition coefficient (Wildman–Crippen LogP) is 3.80. The van der Waals surface area contributed by atoms with Crippen LogP contribution >= 0.6 is 0 Å². The molecule has 0 saturated heterocycles. The Morgan fingerprint density at radius 1 is 1.25 bits per heavy atom. The lowest BCUT2D eigenvalue weighted by Crippen LogP contribution is -2.03. The first kappa shape index (κ1) is 14.2. The highest BCUT2D eigenvalue weighted by molar-refractivity contribution is 5.87. The van der Waals surface area contributed by atoms with Gasteiger partial charge in [-0.15, -0.1) is 0 Å². The molecule has 104 valence electrons. The molecule has 1 atom stereocenters. The Morgan fingerprint density at radius 3 is 2.55 bits per heavy atom. The van der Waals surface area contributed by atoms with Crippen molar-refractivity contribution in [3.05, 3.63) is 71.0 Å². The largest absolute Gasteiger partial charge is 0.478 e. The quantitative estimate of drug-likeness (QED) is 0.902. The van der Waals surface area contributed by atoms with Crippen LogP contribution in [-0.2, 0) is 11.3 Å². The van der Waals surface area contributed by atoms with Gasteiger partial charge >= 0.3 is 5.97 Å². The van der Waals surface area contributed by atoms with E-state index in [0.29, 0.717) is 5.56 Å². The Bertz CT molecular complexity index is 596. The summed E-state index contributed by atoms with van der Waals surface area (Å²) in [6.07, 6.45) is -0.158. The molecule has 0 aromatic heterocycles. The average Bonchev–Trinajstić information content (AvgIpc) is 2.46. The minimum absolute atomic E-state index is 0.0673. The number of carbonyl (C=O) groups is 1. The Kier molecular flexibility index (Phi) is 4.48. The molecule has 0 amide bonds. The maximum absolute atomic E-state index is 13.7. The van der Waals surface area contributed by atoms with Crippen molar-refractivity contribution in [1.82, 2.24) is 0 Å². The van der Waals surface area contributed by atoms with Crippen molar-refractivity contribution in [2.45, 2.75) is 19.6 Å². The summed E-state index contributed by atoms with van der Waals surface area (Å²) in [4.78, 5) is 10.7. The number of carboxylic acid groups (broad SMARTS) is 1. The number of ether oxygens (including phenoxy) is 1. The molecule has 1 N–H and O–H groups in total. The van der Waals surface area contributed by atoms with E-state index in [-0.39, 0.29) is 18.3 Å². The molecule has 0 radical (unpaired) electrons. The van der Waals surface area contributed by atoms with Gasteiger partial charge in [-0.1, -0.05) is 36.4 Å². The highest BCUT2D eigenvalue weighted by atomic mass is 19.1. The first-order valence-electron chi connectivity index (χ1n) is 6.26. The van der Waals surface area contributed by atoms with E-state index in [1.807, 2.05) is 37.3 Å². The van der Waals surface area contributed by atoms with E-state index in [1.165, 1.54) is 12.1 Å². The van der Waals surface area contributed by atoms with Gasteiger partial charge in [0, 0.05) is 5.56 Å². The Hall–Kier alpha value is -2.20. The predicted molar refractivity (Wildman–Crippen MR) is 73.0 cm³/mol. The van der Waals surface area contributed by atoms with Gasteiger partial charge < -0.3 is 9.84 Å². The maximum Gasteiger partial charge on any atom is 0.335 e. The molecule has 0 aliphatic heterocycles. The molecule has 3 nitrogen and oxygen atoms in total. The van der Waals surface area contributed by atoms with Gasteiger partial charge in [0.25, 0.3) is 0 Å². The van der Waals surface area contributed by atoms with E-state index in [2.05, 4.69) is 0 Å². The number of hydrogen-bond acceptors (Lipinski definition) is 2. The van der Waals surface area contributed by atoms with Gasteiger partial charge in [0.15, 0.2) is 0 Å².